The van der Waals surface area contributed by atoms with E-state index in [2.05, 4.69) is 4.74 Å². The third-order valence-electron chi connectivity index (χ3n) is 6.24. The van der Waals surface area contributed by atoms with Crippen LogP contribution in [0, 0.1) is 0 Å². The number of benzene rings is 4. The largest absolute Gasteiger partial charge is 0.486 e. The van der Waals surface area contributed by atoms with Gasteiger partial charge in [-0.15, -0.1) is 0 Å². The van der Waals surface area contributed by atoms with Crippen LogP contribution in [0.4, 0.5) is 5.69 Å². The quantitative estimate of drug-likeness (QED) is 0.177. The van der Waals surface area contributed by atoms with Crippen molar-refractivity contribution in [2.75, 3.05) is 25.2 Å². The molecular formula is C33H30ClNO4. The van der Waals surface area contributed by atoms with Crippen LogP contribution in [0.25, 0.3) is 11.1 Å². The fraction of sp³-hybridized carbons (Fsp3) is 0.152. The molecule has 0 saturated carbocycles. The SMILES string of the molecule is CCOC.O=CCOc1ccc(CN2C(=O)/C(=C(\c3ccccc3)c3ccc(Cl)cc3)c3ccccc32)cc1. The van der Waals surface area contributed by atoms with Crippen molar-refractivity contribution in [3.05, 3.63) is 130 Å². The maximum atomic E-state index is 14.0. The number of carbonyl (C=O) groups excluding carboxylic acids is 2. The first-order valence-electron chi connectivity index (χ1n) is 12.7. The number of ether oxygens (including phenoxy) is 2. The maximum absolute atomic E-state index is 14.0. The molecule has 5 rings (SSSR count). The normalized spacial score (nSPS) is 13.3. The highest BCUT2D eigenvalue weighted by atomic mass is 35.5. The zero-order valence-corrected chi connectivity index (χ0v) is 22.7. The molecule has 0 unspecified atom stereocenters. The van der Waals surface area contributed by atoms with E-state index in [9.17, 15) is 9.59 Å². The van der Waals surface area contributed by atoms with Crippen LogP contribution in [0.5, 0.6) is 5.75 Å². The van der Waals surface area contributed by atoms with Crippen LogP contribution in [0.2, 0.25) is 5.02 Å². The molecule has 0 radical (unpaired) electrons. The van der Waals surface area contributed by atoms with E-state index in [4.69, 9.17) is 16.3 Å². The van der Waals surface area contributed by atoms with Gasteiger partial charge >= 0.3 is 0 Å². The van der Waals surface area contributed by atoms with E-state index in [1.165, 1.54) is 0 Å². The highest BCUT2D eigenvalue weighted by Gasteiger charge is 2.35. The summed E-state index contributed by atoms with van der Waals surface area (Å²) in [6.07, 6.45) is 0.715. The number of para-hydroxylation sites is 1. The summed E-state index contributed by atoms with van der Waals surface area (Å²) >= 11 is 6.17. The monoisotopic (exact) mass is 539 g/mol. The number of carbonyl (C=O) groups is 2. The molecule has 0 fully saturated rings. The van der Waals surface area contributed by atoms with Crippen molar-refractivity contribution < 1.29 is 19.1 Å². The van der Waals surface area contributed by atoms with Gasteiger partial charge < -0.3 is 14.4 Å². The van der Waals surface area contributed by atoms with Crippen LogP contribution < -0.4 is 9.64 Å². The molecule has 0 N–H and O–H groups in total. The predicted molar refractivity (Wildman–Crippen MR) is 157 cm³/mol. The number of fused-ring (bicyclic) bond motifs is 1. The molecule has 0 saturated heterocycles. The van der Waals surface area contributed by atoms with E-state index >= 15 is 0 Å². The Bertz CT molecular complexity index is 1430. The van der Waals surface area contributed by atoms with Crippen molar-refractivity contribution in [1.29, 1.82) is 0 Å². The molecule has 198 valence electrons. The number of aldehydes is 1. The van der Waals surface area contributed by atoms with Gasteiger partial charge in [-0.05, 0) is 53.9 Å². The Hall–Kier alpha value is -4.19. The number of methoxy groups -OCH3 is 1. The van der Waals surface area contributed by atoms with E-state index in [0.29, 0.717) is 29.2 Å². The molecule has 0 bridgehead atoms. The first-order chi connectivity index (χ1) is 19.1. The summed E-state index contributed by atoms with van der Waals surface area (Å²) in [7, 11) is 1.68. The Morgan fingerprint density at radius 1 is 0.846 bits per heavy atom. The summed E-state index contributed by atoms with van der Waals surface area (Å²) in [5.74, 6) is 0.560. The van der Waals surface area contributed by atoms with Gasteiger partial charge in [-0.1, -0.05) is 84.4 Å². The van der Waals surface area contributed by atoms with Crippen molar-refractivity contribution in [1.82, 2.24) is 0 Å². The van der Waals surface area contributed by atoms with Crippen LogP contribution in [0.15, 0.2) is 103 Å². The minimum atomic E-state index is -0.0544. The number of halogens is 1. The minimum absolute atomic E-state index is 0.0123. The predicted octanol–water partition coefficient (Wildman–Crippen LogP) is 7.08. The van der Waals surface area contributed by atoms with Crippen LogP contribution in [0.3, 0.4) is 0 Å². The molecule has 1 aliphatic heterocycles. The number of hydrogen-bond donors (Lipinski definition) is 0. The zero-order valence-electron chi connectivity index (χ0n) is 22.0. The lowest BCUT2D eigenvalue weighted by Gasteiger charge is -2.18. The third-order valence-corrected chi connectivity index (χ3v) is 6.49. The molecule has 0 spiro atoms. The highest BCUT2D eigenvalue weighted by molar-refractivity contribution is 6.39. The van der Waals surface area contributed by atoms with Gasteiger partial charge in [-0.25, -0.2) is 0 Å². The van der Waals surface area contributed by atoms with E-state index in [1.54, 1.807) is 7.11 Å². The van der Waals surface area contributed by atoms with Gasteiger partial charge in [0.25, 0.3) is 5.91 Å². The number of anilines is 1. The topological polar surface area (TPSA) is 55.8 Å². The summed E-state index contributed by atoms with van der Waals surface area (Å²) in [4.78, 5) is 26.4. The van der Waals surface area contributed by atoms with Gasteiger partial charge in [0.15, 0.2) is 6.29 Å². The van der Waals surface area contributed by atoms with E-state index in [-0.39, 0.29) is 12.5 Å². The van der Waals surface area contributed by atoms with Crippen molar-refractivity contribution >= 4 is 40.6 Å². The Labute approximate surface area is 234 Å². The van der Waals surface area contributed by atoms with E-state index < -0.39 is 0 Å². The summed E-state index contributed by atoms with van der Waals surface area (Å²) in [6.45, 7) is 3.20. The van der Waals surface area contributed by atoms with Crippen molar-refractivity contribution in [3.63, 3.8) is 0 Å². The van der Waals surface area contributed by atoms with Crippen LogP contribution in [-0.2, 0) is 20.9 Å². The van der Waals surface area contributed by atoms with Crippen LogP contribution in [-0.4, -0.2) is 32.5 Å². The molecule has 39 heavy (non-hydrogen) atoms. The first kappa shape index (κ1) is 27.8. The van der Waals surface area contributed by atoms with Crippen molar-refractivity contribution in [2.24, 2.45) is 0 Å². The maximum Gasteiger partial charge on any atom is 0.259 e. The summed E-state index contributed by atoms with van der Waals surface area (Å²) < 4.78 is 9.89. The van der Waals surface area contributed by atoms with Gasteiger partial charge in [0.2, 0.25) is 0 Å². The average Bonchev–Trinajstić information content (AvgIpc) is 3.25. The summed E-state index contributed by atoms with van der Waals surface area (Å²) in [6, 6.07) is 32.9. The minimum Gasteiger partial charge on any atom is -0.486 e. The summed E-state index contributed by atoms with van der Waals surface area (Å²) in [5, 5.41) is 0.645. The second-order valence-corrected chi connectivity index (χ2v) is 9.17. The fourth-order valence-electron chi connectivity index (χ4n) is 4.36. The number of hydrogen-bond acceptors (Lipinski definition) is 4. The van der Waals surface area contributed by atoms with Gasteiger partial charge in [-0.2, -0.15) is 0 Å². The molecule has 1 heterocycles. The van der Waals surface area contributed by atoms with Gasteiger partial charge in [-0.3, -0.25) is 9.59 Å². The lowest BCUT2D eigenvalue weighted by Crippen LogP contribution is -2.26. The number of amides is 1. The first-order valence-corrected chi connectivity index (χ1v) is 13.1. The lowest BCUT2D eigenvalue weighted by molar-refractivity contribution is -0.113. The summed E-state index contributed by atoms with van der Waals surface area (Å²) in [5.41, 5.74) is 6.16. The molecule has 0 aliphatic carbocycles. The van der Waals surface area contributed by atoms with Crippen LogP contribution >= 0.6 is 11.6 Å². The Morgan fingerprint density at radius 3 is 2.10 bits per heavy atom. The molecule has 4 aromatic rings. The Balaban J connectivity index is 0.000000826. The third kappa shape index (κ3) is 6.63. The highest BCUT2D eigenvalue weighted by Crippen LogP contribution is 2.43. The fourth-order valence-corrected chi connectivity index (χ4v) is 4.49. The van der Waals surface area contributed by atoms with Crippen LogP contribution in [0.1, 0.15) is 29.2 Å². The van der Waals surface area contributed by atoms with Gasteiger partial charge in [0.05, 0.1) is 17.8 Å². The molecule has 1 aliphatic rings. The number of nitrogens with zero attached hydrogens (tertiary/aromatic N) is 1. The van der Waals surface area contributed by atoms with Gasteiger partial charge in [0, 0.05) is 29.9 Å². The Morgan fingerprint density at radius 2 is 1.46 bits per heavy atom. The molecular weight excluding hydrogens is 510 g/mol. The number of rotatable bonds is 8. The second kappa shape index (κ2) is 13.6. The van der Waals surface area contributed by atoms with E-state index in [1.807, 2.05) is 115 Å². The molecule has 1 amide bonds. The second-order valence-electron chi connectivity index (χ2n) is 8.73. The smallest absolute Gasteiger partial charge is 0.259 e. The Kier molecular flexibility index (Phi) is 9.68. The molecule has 0 atom stereocenters. The lowest BCUT2D eigenvalue weighted by atomic mass is 9.90. The molecule has 0 aromatic heterocycles. The molecule has 4 aromatic carbocycles. The molecule has 5 nitrogen and oxygen atoms in total. The standard InChI is InChI=1S/C30H22ClNO3.C3H8O/c31-24-14-12-23(13-15-24)28(22-6-2-1-3-7-22)29-26-8-4-5-9-27(26)32(30(29)34)20-21-10-16-25(17-11-21)35-19-18-33;1-3-4-2/h1-18H,19-20H2;3H2,1-2H3/b29-28+;. The van der Waals surface area contributed by atoms with Crippen molar-refractivity contribution in [3.8, 4) is 5.75 Å². The van der Waals surface area contributed by atoms with Gasteiger partial charge in [0.1, 0.15) is 12.4 Å². The van der Waals surface area contributed by atoms with Crippen molar-refractivity contribution in [2.45, 2.75) is 13.5 Å². The van der Waals surface area contributed by atoms with E-state index in [0.717, 1.165) is 40.1 Å². The molecule has 6 heteroatoms. The average molecular weight is 540 g/mol. The zero-order chi connectivity index (χ0) is 27.6.